The third kappa shape index (κ3) is 2.62. The molecule has 0 N–H and O–H groups in total. The summed E-state index contributed by atoms with van der Waals surface area (Å²) in [5.74, 6) is 2.13. The summed E-state index contributed by atoms with van der Waals surface area (Å²) in [7, 11) is 4.96. The largest absolute Gasteiger partial charge is 0.493 e. The average Bonchev–Trinajstić information content (AvgIpc) is 2.92. The Morgan fingerprint density at radius 2 is 1.60 bits per heavy atom. The molecule has 0 saturated heterocycles. The lowest BCUT2D eigenvalue weighted by Gasteiger charge is -2.31. The van der Waals surface area contributed by atoms with Gasteiger partial charge in [0.2, 0.25) is 5.75 Å². The number of alkyl halides is 1. The summed E-state index contributed by atoms with van der Waals surface area (Å²) in [4.78, 5) is 0.257. The van der Waals surface area contributed by atoms with E-state index in [4.69, 9.17) is 14.2 Å². The molecule has 0 bridgehead atoms. The molecule has 0 aromatic heterocycles. The van der Waals surface area contributed by atoms with Crippen molar-refractivity contribution in [2.24, 2.45) is 5.41 Å². The maximum atomic E-state index is 5.60. The van der Waals surface area contributed by atoms with Gasteiger partial charge in [0.05, 0.1) is 21.3 Å². The fourth-order valence-electron chi connectivity index (χ4n) is 3.14. The SMILES string of the molecule is COc1ccc(C(Br)C2(C)CCCC2)c(OC)c1OC. The van der Waals surface area contributed by atoms with Gasteiger partial charge in [-0.3, -0.25) is 0 Å². The molecule has 112 valence electrons. The van der Waals surface area contributed by atoms with Crippen LogP contribution in [0.5, 0.6) is 17.2 Å². The molecule has 0 heterocycles. The molecule has 20 heavy (non-hydrogen) atoms. The molecular weight excluding hydrogens is 320 g/mol. The minimum absolute atomic E-state index is 0.257. The second-order valence-electron chi connectivity index (χ2n) is 5.65. The van der Waals surface area contributed by atoms with Crippen LogP contribution in [0.25, 0.3) is 0 Å². The highest BCUT2D eigenvalue weighted by Gasteiger charge is 2.38. The number of methoxy groups -OCH3 is 3. The van der Waals surface area contributed by atoms with Gasteiger partial charge in [-0.2, -0.15) is 0 Å². The van der Waals surface area contributed by atoms with E-state index in [2.05, 4.69) is 28.9 Å². The Bertz CT molecular complexity index is 467. The Kier molecular flexibility index (Phi) is 4.84. The van der Waals surface area contributed by atoms with E-state index in [0.717, 1.165) is 11.3 Å². The smallest absolute Gasteiger partial charge is 0.203 e. The van der Waals surface area contributed by atoms with Gasteiger partial charge in [-0.25, -0.2) is 0 Å². The highest BCUT2D eigenvalue weighted by atomic mass is 79.9. The number of hydrogen-bond acceptors (Lipinski definition) is 3. The summed E-state index contributed by atoms with van der Waals surface area (Å²) in [5, 5.41) is 0. The fourth-order valence-corrected chi connectivity index (χ4v) is 3.95. The fraction of sp³-hybridized carbons (Fsp3) is 0.625. The van der Waals surface area contributed by atoms with Gasteiger partial charge >= 0.3 is 0 Å². The van der Waals surface area contributed by atoms with Crippen molar-refractivity contribution in [2.45, 2.75) is 37.4 Å². The Morgan fingerprint density at radius 3 is 2.10 bits per heavy atom. The highest BCUT2D eigenvalue weighted by Crippen LogP contribution is 2.55. The summed E-state index contributed by atoms with van der Waals surface area (Å²) in [6.07, 6.45) is 5.07. The number of benzene rings is 1. The van der Waals surface area contributed by atoms with Crippen molar-refractivity contribution in [1.29, 1.82) is 0 Å². The van der Waals surface area contributed by atoms with Crippen molar-refractivity contribution in [3.8, 4) is 17.2 Å². The zero-order valence-corrected chi connectivity index (χ0v) is 14.2. The molecule has 0 radical (unpaired) electrons. The van der Waals surface area contributed by atoms with Crippen molar-refractivity contribution in [3.05, 3.63) is 17.7 Å². The number of hydrogen-bond donors (Lipinski definition) is 0. The van der Waals surface area contributed by atoms with Crippen molar-refractivity contribution in [1.82, 2.24) is 0 Å². The molecule has 1 unspecified atom stereocenters. The molecule has 0 amide bonds. The first-order chi connectivity index (χ1) is 9.57. The van der Waals surface area contributed by atoms with Crippen LogP contribution in [0.3, 0.4) is 0 Å². The Labute approximate surface area is 129 Å². The monoisotopic (exact) mass is 342 g/mol. The van der Waals surface area contributed by atoms with E-state index >= 15 is 0 Å². The van der Waals surface area contributed by atoms with Crippen LogP contribution in [0.1, 0.15) is 43.0 Å². The Hall–Kier alpha value is -0.900. The quantitative estimate of drug-likeness (QED) is 0.724. The highest BCUT2D eigenvalue weighted by molar-refractivity contribution is 9.09. The molecule has 1 fully saturated rings. The molecule has 1 aromatic rings. The second-order valence-corrected chi connectivity index (χ2v) is 6.56. The van der Waals surface area contributed by atoms with Crippen molar-refractivity contribution in [2.75, 3.05) is 21.3 Å². The maximum absolute atomic E-state index is 5.60. The van der Waals surface area contributed by atoms with Gasteiger partial charge in [0.15, 0.2) is 11.5 Å². The molecular formula is C16H23BrO3. The average molecular weight is 343 g/mol. The van der Waals surface area contributed by atoms with Crippen LogP contribution in [0.2, 0.25) is 0 Å². The Balaban J connectivity index is 2.45. The van der Waals surface area contributed by atoms with Crippen molar-refractivity contribution in [3.63, 3.8) is 0 Å². The van der Waals surface area contributed by atoms with Crippen LogP contribution >= 0.6 is 15.9 Å². The van der Waals surface area contributed by atoms with Gasteiger partial charge in [-0.05, 0) is 24.3 Å². The van der Waals surface area contributed by atoms with Crippen LogP contribution in [0.4, 0.5) is 0 Å². The number of ether oxygens (including phenoxy) is 3. The first-order valence-electron chi connectivity index (χ1n) is 7.00. The molecule has 0 spiro atoms. The predicted molar refractivity (Wildman–Crippen MR) is 84.3 cm³/mol. The third-order valence-corrected chi connectivity index (χ3v) is 5.96. The molecule has 1 atom stereocenters. The van der Waals surface area contributed by atoms with Gasteiger partial charge in [-0.15, -0.1) is 0 Å². The lowest BCUT2D eigenvalue weighted by Crippen LogP contribution is -2.18. The lowest BCUT2D eigenvalue weighted by atomic mass is 9.81. The topological polar surface area (TPSA) is 27.7 Å². The van der Waals surface area contributed by atoms with Crippen molar-refractivity contribution >= 4 is 15.9 Å². The maximum Gasteiger partial charge on any atom is 0.203 e. The molecule has 1 saturated carbocycles. The minimum atomic E-state index is 0.257. The standard InChI is InChI=1S/C16H23BrO3/c1-16(9-5-6-10-16)15(17)11-7-8-12(18-2)14(20-4)13(11)19-3/h7-8,15H,5-6,9-10H2,1-4H3. The summed E-state index contributed by atoms with van der Waals surface area (Å²) >= 11 is 3.89. The molecule has 2 rings (SSSR count). The zero-order chi connectivity index (χ0) is 14.8. The van der Waals surface area contributed by atoms with E-state index in [1.807, 2.05) is 6.07 Å². The van der Waals surface area contributed by atoms with Gasteiger partial charge in [0.1, 0.15) is 0 Å². The number of halogens is 1. The van der Waals surface area contributed by atoms with E-state index in [-0.39, 0.29) is 10.2 Å². The molecule has 3 nitrogen and oxygen atoms in total. The summed E-state index contributed by atoms with van der Waals surface area (Å²) in [5.41, 5.74) is 1.40. The van der Waals surface area contributed by atoms with Crippen LogP contribution in [0.15, 0.2) is 12.1 Å². The third-order valence-electron chi connectivity index (χ3n) is 4.37. The van der Waals surface area contributed by atoms with Gasteiger partial charge < -0.3 is 14.2 Å². The van der Waals surface area contributed by atoms with Crippen LogP contribution < -0.4 is 14.2 Å². The molecule has 1 aliphatic rings. The van der Waals surface area contributed by atoms with Gasteiger partial charge in [0.25, 0.3) is 0 Å². The van der Waals surface area contributed by atoms with Gasteiger partial charge in [0, 0.05) is 10.4 Å². The van der Waals surface area contributed by atoms with E-state index in [0.29, 0.717) is 11.5 Å². The molecule has 4 heteroatoms. The summed E-state index contributed by atoms with van der Waals surface area (Å²) < 4.78 is 16.4. The van der Waals surface area contributed by atoms with E-state index < -0.39 is 0 Å². The van der Waals surface area contributed by atoms with E-state index in [1.165, 1.54) is 25.7 Å². The zero-order valence-electron chi connectivity index (χ0n) is 12.7. The number of rotatable bonds is 5. The first-order valence-corrected chi connectivity index (χ1v) is 7.92. The first kappa shape index (κ1) is 15.5. The predicted octanol–water partition coefficient (Wildman–Crippen LogP) is 4.73. The molecule has 1 aromatic carbocycles. The molecule has 0 aliphatic heterocycles. The van der Waals surface area contributed by atoms with Gasteiger partial charge in [-0.1, -0.05) is 41.8 Å². The van der Waals surface area contributed by atoms with Crippen molar-refractivity contribution < 1.29 is 14.2 Å². The summed E-state index contributed by atoms with van der Waals surface area (Å²) in [6.45, 7) is 2.34. The van der Waals surface area contributed by atoms with Crippen LogP contribution in [-0.2, 0) is 0 Å². The second kappa shape index (κ2) is 6.25. The van der Waals surface area contributed by atoms with E-state index in [9.17, 15) is 0 Å². The van der Waals surface area contributed by atoms with Crippen LogP contribution in [-0.4, -0.2) is 21.3 Å². The lowest BCUT2D eigenvalue weighted by molar-refractivity contribution is 0.304. The summed E-state index contributed by atoms with van der Waals surface area (Å²) in [6, 6.07) is 4.02. The molecule has 1 aliphatic carbocycles. The van der Waals surface area contributed by atoms with E-state index in [1.54, 1.807) is 21.3 Å². The minimum Gasteiger partial charge on any atom is -0.493 e. The normalized spacial score (nSPS) is 18.6. The Morgan fingerprint density at radius 1 is 1.00 bits per heavy atom. The van der Waals surface area contributed by atoms with Crippen LogP contribution in [0, 0.1) is 5.41 Å².